The number of hydrogen-bond donors (Lipinski definition) is 3. The quantitative estimate of drug-likeness (QED) is 0.326. The van der Waals surface area contributed by atoms with E-state index in [4.69, 9.17) is 25.5 Å². The van der Waals surface area contributed by atoms with E-state index < -0.39 is 11.6 Å². The van der Waals surface area contributed by atoms with Crippen molar-refractivity contribution in [1.82, 2.24) is 0 Å². The van der Waals surface area contributed by atoms with Gasteiger partial charge in [0.15, 0.2) is 5.75 Å². The van der Waals surface area contributed by atoms with Crippen LogP contribution in [0.15, 0.2) is 24.3 Å². The zero-order valence-electron chi connectivity index (χ0n) is 15.7. The van der Waals surface area contributed by atoms with E-state index in [9.17, 15) is 0 Å². The summed E-state index contributed by atoms with van der Waals surface area (Å²) in [6, 6.07) is 7.37. The molecular formula is C17H30O8. The van der Waals surface area contributed by atoms with E-state index >= 15 is 0 Å². The second-order valence-corrected chi connectivity index (χ2v) is 6.14. The lowest BCUT2D eigenvalue weighted by Crippen LogP contribution is -2.38. The predicted octanol–water partition coefficient (Wildman–Crippen LogP) is 4.83. The van der Waals surface area contributed by atoms with Gasteiger partial charge in [-0.3, -0.25) is 0 Å². The van der Waals surface area contributed by atoms with E-state index in [1.165, 1.54) is 19.4 Å². The molecule has 1 aromatic rings. The topological polar surface area (TPSA) is 107 Å². The van der Waals surface area contributed by atoms with Gasteiger partial charge in [-0.25, -0.2) is 25.5 Å². The van der Waals surface area contributed by atoms with Crippen molar-refractivity contribution in [1.29, 1.82) is 0 Å². The molecule has 0 fully saturated rings. The third kappa shape index (κ3) is 8.59. The minimum atomic E-state index is -1.27. The molecule has 0 bridgehead atoms. The molecule has 25 heavy (non-hydrogen) atoms. The van der Waals surface area contributed by atoms with Crippen molar-refractivity contribution in [3.8, 4) is 5.75 Å². The van der Waals surface area contributed by atoms with Gasteiger partial charge in [-0.05, 0) is 37.5 Å². The van der Waals surface area contributed by atoms with Gasteiger partial charge in [0.25, 0.3) is 0 Å². The van der Waals surface area contributed by atoms with Gasteiger partial charge in [-0.15, -0.1) is 0 Å². The Balaban J connectivity index is 0.000000472. The van der Waals surface area contributed by atoms with Crippen molar-refractivity contribution >= 4 is 0 Å². The first-order chi connectivity index (χ1) is 11.7. The predicted molar refractivity (Wildman–Crippen MR) is 90.8 cm³/mol. The standard InChI is InChI=1S/C9H12O2.C8H18O6/c1-7(2)8-3-5-9(11-10)6-4-8;1-5-7(3,11-9)13-14-8(4,6-2)12-10/h3-7,10H,1-2H3;9-10H,5-6H2,1-4H3. The number of hydrogen-bond acceptors (Lipinski definition) is 8. The van der Waals surface area contributed by atoms with E-state index in [2.05, 4.69) is 28.5 Å². The second-order valence-electron chi connectivity index (χ2n) is 6.14. The van der Waals surface area contributed by atoms with Crippen LogP contribution < -0.4 is 4.89 Å². The fourth-order valence-corrected chi connectivity index (χ4v) is 1.37. The first-order valence-corrected chi connectivity index (χ1v) is 8.12. The van der Waals surface area contributed by atoms with Crippen molar-refractivity contribution in [2.24, 2.45) is 0 Å². The average Bonchev–Trinajstić information content (AvgIpc) is 2.66. The zero-order valence-corrected chi connectivity index (χ0v) is 15.7. The highest BCUT2D eigenvalue weighted by Gasteiger charge is 2.33. The van der Waals surface area contributed by atoms with Gasteiger partial charge in [-0.2, -0.15) is 9.78 Å². The van der Waals surface area contributed by atoms with Gasteiger partial charge in [-0.1, -0.05) is 39.8 Å². The third-order valence-electron chi connectivity index (χ3n) is 3.72. The molecule has 2 atom stereocenters. The van der Waals surface area contributed by atoms with E-state index in [0.717, 1.165) is 0 Å². The highest BCUT2D eigenvalue weighted by Crippen LogP contribution is 2.23. The van der Waals surface area contributed by atoms with Crippen molar-refractivity contribution in [3.63, 3.8) is 0 Å². The van der Waals surface area contributed by atoms with Crippen LogP contribution in [0.5, 0.6) is 5.75 Å². The van der Waals surface area contributed by atoms with Crippen LogP contribution in [-0.4, -0.2) is 27.3 Å². The lowest BCUT2D eigenvalue weighted by molar-refractivity contribution is -0.566. The molecule has 146 valence electrons. The van der Waals surface area contributed by atoms with Gasteiger partial charge in [0.1, 0.15) is 0 Å². The Kier molecular flexibility index (Phi) is 10.8. The summed E-state index contributed by atoms with van der Waals surface area (Å²) in [6.07, 6.45) is 0.740. The first kappa shape index (κ1) is 23.7. The van der Waals surface area contributed by atoms with Crippen LogP contribution in [0.25, 0.3) is 0 Å². The molecule has 0 saturated carbocycles. The maximum atomic E-state index is 8.52. The van der Waals surface area contributed by atoms with Crippen LogP contribution in [-0.2, 0) is 19.6 Å². The summed E-state index contributed by atoms with van der Waals surface area (Å²) in [5.41, 5.74) is 1.24. The van der Waals surface area contributed by atoms with Crippen molar-refractivity contribution < 1.29 is 40.2 Å². The summed E-state index contributed by atoms with van der Waals surface area (Å²) in [7, 11) is 0. The Morgan fingerprint density at radius 2 is 1.24 bits per heavy atom. The molecule has 0 aliphatic heterocycles. The SMILES string of the molecule is CC(C)c1ccc(OO)cc1.CCC(C)(OO)OOC(C)(CC)OO. The summed E-state index contributed by atoms with van der Waals surface area (Å²) in [5.74, 6) is -1.54. The third-order valence-corrected chi connectivity index (χ3v) is 3.72. The summed E-state index contributed by atoms with van der Waals surface area (Å²) in [6.45, 7) is 10.7. The summed E-state index contributed by atoms with van der Waals surface area (Å²) in [4.78, 5) is 21.9. The first-order valence-electron chi connectivity index (χ1n) is 8.12. The Bertz CT molecular complexity index is 434. The lowest BCUT2D eigenvalue weighted by atomic mass is 10.0. The van der Waals surface area contributed by atoms with Crippen LogP contribution in [0.2, 0.25) is 0 Å². The second kappa shape index (κ2) is 11.4. The zero-order chi connectivity index (χ0) is 19.5. The van der Waals surface area contributed by atoms with Gasteiger partial charge < -0.3 is 4.89 Å². The van der Waals surface area contributed by atoms with Crippen molar-refractivity contribution in [3.05, 3.63) is 29.8 Å². The van der Waals surface area contributed by atoms with Crippen LogP contribution in [0.3, 0.4) is 0 Å². The molecule has 1 aromatic carbocycles. The Labute approximate surface area is 148 Å². The van der Waals surface area contributed by atoms with E-state index in [-0.39, 0.29) is 0 Å². The Hall–Kier alpha value is -1.26. The molecule has 0 aromatic heterocycles. The molecule has 0 radical (unpaired) electrons. The van der Waals surface area contributed by atoms with Gasteiger partial charge in [0.2, 0.25) is 11.6 Å². The fourth-order valence-electron chi connectivity index (χ4n) is 1.37. The van der Waals surface area contributed by atoms with Gasteiger partial charge in [0, 0.05) is 12.8 Å². The number of benzene rings is 1. The summed E-state index contributed by atoms with van der Waals surface area (Å²) < 4.78 is 0. The molecule has 2 unspecified atom stereocenters. The Morgan fingerprint density at radius 1 is 0.840 bits per heavy atom. The van der Waals surface area contributed by atoms with E-state index in [0.29, 0.717) is 24.5 Å². The van der Waals surface area contributed by atoms with E-state index in [1.54, 1.807) is 26.0 Å². The highest BCUT2D eigenvalue weighted by atomic mass is 17.3. The van der Waals surface area contributed by atoms with Gasteiger partial charge >= 0.3 is 0 Å². The molecule has 3 N–H and O–H groups in total. The fraction of sp³-hybridized carbons (Fsp3) is 0.647. The molecular weight excluding hydrogens is 332 g/mol. The molecule has 1 rings (SSSR count). The van der Waals surface area contributed by atoms with Crippen LogP contribution in [0.1, 0.15) is 65.9 Å². The minimum absolute atomic E-state index is 0.370. The van der Waals surface area contributed by atoms with Gasteiger partial charge in [0.05, 0.1) is 0 Å². The monoisotopic (exact) mass is 362 g/mol. The lowest BCUT2D eigenvalue weighted by Gasteiger charge is -2.29. The maximum Gasteiger partial charge on any atom is 0.230 e. The molecule has 0 aliphatic rings. The largest absolute Gasteiger partial charge is 0.340 e. The average molecular weight is 362 g/mol. The molecule has 8 nitrogen and oxygen atoms in total. The molecule has 0 aliphatic carbocycles. The minimum Gasteiger partial charge on any atom is -0.340 e. The van der Waals surface area contributed by atoms with Crippen molar-refractivity contribution in [2.45, 2.75) is 71.9 Å². The Morgan fingerprint density at radius 3 is 1.48 bits per heavy atom. The summed E-state index contributed by atoms with van der Waals surface area (Å²) in [5, 5.41) is 25.3. The van der Waals surface area contributed by atoms with Crippen molar-refractivity contribution in [2.75, 3.05) is 0 Å². The molecule has 0 heterocycles. The van der Waals surface area contributed by atoms with Crippen LogP contribution in [0, 0.1) is 0 Å². The maximum absolute atomic E-state index is 8.52. The molecule has 8 heteroatoms. The summed E-state index contributed by atoms with van der Waals surface area (Å²) >= 11 is 0. The number of rotatable bonds is 9. The highest BCUT2D eigenvalue weighted by molar-refractivity contribution is 5.28. The molecule has 0 spiro atoms. The van der Waals surface area contributed by atoms with Crippen LogP contribution in [0.4, 0.5) is 0 Å². The van der Waals surface area contributed by atoms with E-state index in [1.807, 2.05) is 12.1 Å². The van der Waals surface area contributed by atoms with Crippen LogP contribution >= 0.6 is 0 Å². The molecule has 0 amide bonds. The normalized spacial score (nSPS) is 15.8. The smallest absolute Gasteiger partial charge is 0.230 e. The molecule has 0 saturated heterocycles.